The molecule has 30 heavy (non-hydrogen) atoms. The number of carbonyl (C=O) groups is 1. The molecule has 1 amide bonds. The van der Waals surface area contributed by atoms with Gasteiger partial charge in [0, 0.05) is 49.3 Å². The summed E-state index contributed by atoms with van der Waals surface area (Å²) >= 11 is 0. The number of aromatic nitrogens is 1. The van der Waals surface area contributed by atoms with Crippen LogP contribution in [-0.4, -0.2) is 60.0 Å². The van der Waals surface area contributed by atoms with Crippen LogP contribution in [0, 0.1) is 13.8 Å². The van der Waals surface area contributed by atoms with Crippen LogP contribution in [0.15, 0.2) is 42.5 Å². The highest BCUT2D eigenvalue weighted by atomic mass is 32.2. The van der Waals surface area contributed by atoms with Crippen molar-refractivity contribution in [3.63, 3.8) is 0 Å². The van der Waals surface area contributed by atoms with E-state index < -0.39 is 10.0 Å². The van der Waals surface area contributed by atoms with Gasteiger partial charge in [-0.05, 0) is 63.5 Å². The van der Waals surface area contributed by atoms with Gasteiger partial charge in [-0.2, -0.15) is 0 Å². The van der Waals surface area contributed by atoms with Gasteiger partial charge in [-0.25, -0.2) is 12.7 Å². The zero-order valence-electron chi connectivity index (χ0n) is 18.2. The summed E-state index contributed by atoms with van der Waals surface area (Å²) in [6.07, 6.45) is 4.84. The van der Waals surface area contributed by atoms with Crippen LogP contribution in [0.5, 0.6) is 0 Å². The lowest BCUT2D eigenvalue weighted by Gasteiger charge is -2.35. The number of hydrogen-bond donors (Lipinski definition) is 0. The van der Waals surface area contributed by atoms with Crippen LogP contribution >= 0.6 is 0 Å². The van der Waals surface area contributed by atoms with Crippen molar-refractivity contribution in [1.29, 1.82) is 0 Å². The number of likely N-dealkylation sites (tertiary alicyclic amines) is 1. The third-order valence-corrected chi connectivity index (χ3v) is 7.89. The predicted octanol–water partition coefficient (Wildman–Crippen LogP) is 3.38. The largest absolute Gasteiger partial charge is 0.339 e. The molecule has 1 aliphatic rings. The first kappa shape index (κ1) is 22.3. The average molecular weight is 430 g/mol. The van der Waals surface area contributed by atoms with E-state index in [-0.39, 0.29) is 17.7 Å². The van der Waals surface area contributed by atoms with Gasteiger partial charge in [-0.1, -0.05) is 18.2 Å². The fraction of sp³-hybridized carbons (Fsp3) is 0.435. The number of piperidine rings is 1. The smallest absolute Gasteiger partial charge is 0.246 e. The van der Waals surface area contributed by atoms with E-state index >= 15 is 0 Å². The minimum absolute atomic E-state index is 0.0287. The number of benzene rings is 1. The minimum Gasteiger partial charge on any atom is -0.339 e. The monoisotopic (exact) mass is 429 g/mol. The molecule has 0 atom stereocenters. The SMILES string of the molecule is CCS(=O)(=O)N(C)C1CCN(C(=O)/C=C/c2cc(C)n(-c3ccccc3)c2C)CC1. The third-order valence-electron chi connectivity index (χ3n) is 5.98. The molecule has 0 unspecified atom stereocenters. The zero-order chi connectivity index (χ0) is 21.9. The molecule has 2 heterocycles. The Labute approximate surface area is 179 Å². The number of amides is 1. The lowest BCUT2D eigenvalue weighted by molar-refractivity contribution is -0.127. The molecule has 0 spiro atoms. The highest BCUT2D eigenvalue weighted by molar-refractivity contribution is 7.89. The molecule has 0 bridgehead atoms. The van der Waals surface area contributed by atoms with Crippen LogP contribution in [0.4, 0.5) is 0 Å². The number of hydrogen-bond acceptors (Lipinski definition) is 3. The molecule has 1 aromatic heterocycles. The predicted molar refractivity (Wildman–Crippen MR) is 121 cm³/mol. The maximum absolute atomic E-state index is 12.7. The molecule has 0 radical (unpaired) electrons. The van der Waals surface area contributed by atoms with Crippen molar-refractivity contribution in [2.24, 2.45) is 0 Å². The van der Waals surface area contributed by atoms with Crippen LogP contribution in [0.3, 0.4) is 0 Å². The van der Waals surface area contributed by atoms with E-state index in [9.17, 15) is 13.2 Å². The Morgan fingerprint density at radius 1 is 1.17 bits per heavy atom. The molecule has 7 heteroatoms. The molecule has 0 aliphatic carbocycles. The second-order valence-corrected chi connectivity index (χ2v) is 10.1. The first-order valence-corrected chi connectivity index (χ1v) is 12.0. The highest BCUT2D eigenvalue weighted by Gasteiger charge is 2.29. The summed E-state index contributed by atoms with van der Waals surface area (Å²) in [7, 11) is -1.56. The summed E-state index contributed by atoms with van der Waals surface area (Å²) in [5.41, 5.74) is 4.33. The summed E-state index contributed by atoms with van der Waals surface area (Å²) in [6.45, 7) is 6.91. The van der Waals surface area contributed by atoms with Crippen LogP contribution < -0.4 is 0 Å². The minimum atomic E-state index is -3.20. The molecule has 3 rings (SSSR count). The number of rotatable bonds is 6. The molecular weight excluding hydrogens is 398 g/mol. The Hall–Kier alpha value is -2.38. The summed E-state index contributed by atoms with van der Waals surface area (Å²) in [5, 5.41) is 0. The number of aryl methyl sites for hydroxylation is 1. The summed E-state index contributed by atoms with van der Waals surface area (Å²) in [4.78, 5) is 14.5. The fourth-order valence-corrected chi connectivity index (χ4v) is 5.15. The zero-order valence-corrected chi connectivity index (χ0v) is 19.0. The van der Waals surface area contributed by atoms with Crippen LogP contribution in [-0.2, 0) is 14.8 Å². The second kappa shape index (κ2) is 9.18. The Balaban J connectivity index is 1.65. The van der Waals surface area contributed by atoms with Gasteiger partial charge in [0.1, 0.15) is 0 Å². The van der Waals surface area contributed by atoms with Crippen molar-refractivity contribution in [2.45, 2.75) is 39.7 Å². The maximum Gasteiger partial charge on any atom is 0.246 e. The first-order chi connectivity index (χ1) is 14.2. The lowest BCUT2D eigenvalue weighted by atomic mass is 10.1. The number of nitrogens with zero attached hydrogens (tertiary/aromatic N) is 3. The Kier molecular flexibility index (Phi) is 6.83. The van der Waals surface area contributed by atoms with Gasteiger partial charge in [-0.3, -0.25) is 4.79 Å². The fourth-order valence-electron chi connectivity index (χ4n) is 4.08. The van der Waals surface area contributed by atoms with E-state index in [4.69, 9.17) is 0 Å². The van der Waals surface area contributed by atoms with Crippen LogP contribution in [0.25, 0.3) is 11.8 Å². The summed E-state index contributed by atoms with van der Waals surface area (Å²) < 4.78 is 27.8. The van der Waals surface area contributed by atoms with Crippen LogP contribution in [0.1, 0.15) is 36.7 Å². The summed E-state index contributed by atoms with van der Waals surface area (Å²) in [6, 6.07) is 12.2. The van der Waals surface area contributed by atoms with Gasteiger partial charge < -0.3 is 9.47 Å². The van der Waals surface area contributed by atoms with E-state index in [1.807, 2.05) is 24.3 Å². The molecule has 2 aromatic rings. The Morgan fingerprint density at radius 2 is 1.80 bits per heavy atom. The van der Waals surface area contributed by atoms with Crippen molar-refractivity contribution < 1.29 is 13.2 Å². The normalized spacial score (nSPS) is 16.0. The highest BCUT2D eigenvalue weighted by Crippen LogP contribution is 2.22. The Morgan fingerprint density at radius 3 is 2.40 bits per heavy atom. The van der Waals surface area contributed by atoms with E-state index in [1.165, 1.54) is 4.31 Å². The van der Waals surface area contributed by atoms with Gasteiger partial charge in [0.25, 0.3) is 0 Å². The summed E-state index contributed by atoms with van der Waals surface area (Å²) in [5.74, 6) is 0.0752. The molecule has 0 N–H and O–H groups in total. The van der Waals surface area contributed by atoms with E-state index in [0.29, 0.717) is 25.9 Å². The van der Waals surface area contributed by atoms with Crippen LogP contribution in [0.2, 0.25) is 0 Å². The van der Waals surface area contributed by atoms with E-state index in [2.05, 4.69) is 36.6 Å². The number of para-hydroxylation sites is 1. The molecular formula is C23H31N3O3S. The standard InChI is InChI=1S/C23H31N3O3S/c1-5-30(28,29)24(4)21-13-15-25(16-14-21)23(27)12-11-20-17-18(2)26(19(20)3)22-9-7-6-8-10-22/h6-12,17,21H,5,13-16H2,1-4H3/b12-11+. The molecule has 1 aliphatic heterocycles. The molecule has 1 aromatic carbocycles. The van der Waals surface area contributed by atoms with Crippen molar-refractivity contribution in [3.8, 4) is 5.69 Å². The maximum atomic E-state index is 12.7. The third kappa shape index (κ3) is 4.68. The van der Waals surface area contributed by atoms with Crippen molar-refractivity contribution in [2.75, 3.05) is 25.9 Å². The topological polar surface area (TPSA) is 62.6 Å². The van der Waals surface area contributed by atoms with Gasteiger partial charge in [0.05, 0.1) is 5.75 Å². The lowest BCUT2D eigenvalue weighted by Crippen LogP contribution is -2.47. The van der Waals surface area contributed by atoms with Gasteiger partial charge >= 0.3 is 0 Å². The average Bonchev–Trinajstić information content (AvgIpc) is 3.05. The van der Waals surface area contributed by atoms with Gasteiger partial charge in [0.2, 0.25) is 15.9 Å². The van der Waals surface area contributed by atoms with Crippen molar-refractivity contribution in [1.82, 2.24) is 13.8 Å². The quantitative estimate of drug-likeness (QED) is 0.662. The molecule has 6 nitrogen and oxygen atoms in total. The number of sulfonamides is 1. The molecule has 1 saturated heterocycles. The Bertz CT molecular complexity index is 1020. The van der Waals surface area contributed by atoms with Gasteiger partial charge in [0.15, 0.2) is 0 Å². The molecule has 162 valence electrons. The number of carbonyl (C=O) groups excluding carboxylic acids is 1. The van der Waals surface area contributed by atoms with Gasteiger partial charge in [-0.15, -0.1) is 0 Å². The first-order valence-electron chi connectivity index (χ1n) is 10.4. The van der Waals surface area contributed by atoms with E-state index in [1.54, 1.807) is 24.9 Å². The second-order valence-electron chi connectivity index (χ2n) is 7.80. The van der Waals surface area contributed by atoms with Crippen molar-refractivity contribution >= 4 is 22.0 Å². The molecule has 0 saturated carbocycles. The molecule has 1 fully saturated rings. The van der Waals surface area contributed by atoms with E-state index in [0.717, 1.165) is 22.6 Å². The van der Waals surface area contributed by atoms with Crippen molar-refractivity contribution in [3.05, 3.63) is 59.4 Å².